The number of hydrogen-bond donors (Lipinski definition) is 3. The second-order valence-electron chi connectivity index (χ2n) is 12.0. The lowest BCUT2D eigenvalue weighted by molar-refractivity contribution is -0.136. The number of anilines is 1. The van der Waals surface area contributed by atoms with E-state index >= 15 is 0 Å². The number of aryl methyl sites for hydroxylation is 1. The van der Waals surface area contributed by atoms with Gasteiger partial charge in [-0.2, -0.15) is 5.48 Å². The lowest BCUT2D eigenvalue weighted by Crippen LogP contribution is -2.54. The average Bonchev–Trinajstić information content (AvgIpc) is 3.06. The Labute approximate surface area is 283 Å². The fraction of sp³-hybridized carbons (Fsp3) is 0.472. The van der Waals surface area contributed by atoms with Crippen molar-refractivity contribution < 1.29 is 36.7 Å². The molecule has 0 bridgehead atoms. The number of aliphatic hydroxyl groups is 1. The molecule has 3 rings (SSSR count). The van der Waals surface area contributed by atoms with Crippen molar-refractivity contribution in [1.82, 2.24) is 5.48 Å². The highest BCUT2D eigenvalue weighted by Crippen LogP contribution is 2.22. The zero-order chi connectivity index (χ0) is 35.1. The SMILES string of the molecule is CCCC(CCC)S(=O)(=O)CC(NOCOCc1ccccc1)C(=O)N(CC(O)[C@@H](N)Cc1cc(F)cc(F)c1)c1cccc(CC)c1. The molecular weight excluding hydrogens is 640 g/mol. The Morgan fingerprint density at radius 1 is 0.917 bits per heavy atom. The van der Waals surface area contributed by atoms with Crippen molar-refractivity contribution in [2.24, 2.45) is 5.73 Å². The number of carbonyl (C=O) groups excluding carboxylic acids is 1. The van der Waals surface area contributed by atoms with Gasteiger partial charge in [0.1, 0.15) is 17.7 Å². The number of amides is 1. The summed E-state index contributed by atoms with van der Waals surface area (Å²) in [5, 5.41) is 10.6. The second kappa shape index (κ2) is 19.7. The number of aliphatic hydroxyl groups excluding tert-OH is 1. The first-order chi connectivity index (χ1) is 23.0. The van der Waals surface area contributed by atoms with Crippen LogP contribution in [0.2, 0.25) is 0 Å². The number of halogens is 2. The molecule has 0 heterocycles. The van der Waals surface area contributed by atoms with E-state index < -0.39 is 56.6 Å². The van der Waals surface area contributed by atoms with Crippen LogP contribution >= 0.6 is 0 Å². The fourth-order valence-corrected chi connectivity index (χ4v) is 7.63. The molecule has 0 saturated carbocycles. The summed E-state index contributed by atoms with van der Waals surface area (Å²) >= 11 is 0. The van der Waals surface area contributed by atoms with Gasteiger partial charge in [-0.3, -0.25) is 9.63 Å². The molecule has 3 aromatic rings. The Morgan fingerprint density at radius 3 is 2.19 bits per heavy atom. The summed E-state index contributed by atoms with van der Waals surface area (Å²) in [6.07, 6.45) is 1.48. The van der Waals surface area contributed by atoms with Gasteiger partial charge in [0.05, 0.1) is 30.3 Å². The van der Waals surface area contributed by atoms with E-state index in [0.717, 1.165) is 29.3 Å². The van der Waals surface area contributed by atoms with Crippen LogP contribution in [-0.2, 0) is 43.7 Å². The van der Waals surface area contributed by atoms with Crippen LogP contribution in [0, 0.1) is 11.6 Å². The molecule has 48 heavy (non-hydrogen) atoms. The van der Waals surface area contributed by atoms with Crippen LogP contribution in [0.25, 0.3) is 0 Å². The number of hydroxylamine groups is 1. The monoisotopic (exact) mass is 689 g/mol. The first kappa shape index (κ1) is 39.2. The minimum atomic E-state index is -3.79. The number of hydrogen-bond acceptors (Lipinski definition) is 8. The van der Waals surface area contributed by atoms with Gasteiger partial charge >= 0.3 is 0 Å². The molecule has 264 valence electrons. The average molecular weight is 690 g/mol. The number of benzene rings is 3. The van der Waals surface area contributed by atoms with Crippen molar-refractivity contribution in [2.45, 2.75) is 89.3 Å². The van der Waals surface area contributed by atoms with Gasteiger partial charge in [-0.05, 0) is 66.6 Å². The number of nitrogens with one attached hydrogen (secondary N) is 1. The Balaban J connectivity index is 1.89. The summed E-state index contributed by atoms with van der Waals surface area (Å²) in [6.45, 7) is 5.44. The van der Waals surface area contributed by atoms with Crippen LogP contribution < -0.4 is 16.1 Å². The van der Waals surface area contributed by atoms with Gasteiger partial charge in [0, 0.05) is 17.8 Å². The van der Waals surface area contributed by atoms with Gasteiger partial charge in [0.2, 0.25) is 5.91 Å². The molecule has 3 aromatic carbocycles. The highest BCUT2D eigenvalue weighted by Gasteiger charge is 2.35. The highest BCUT2D eigenvalue weighted by molar-refractivity contribution is 7.92. The molecule has 12 heteroatoms. The lowest BCUT2D eigenvalue weighted by Gasteiger charge is -2.32. The fourth-order valence-electron chi connectivity index (χ4n) is 5.50. The molecule has 3 atom stereocenters. The Hall–Kier alpha value is -3.26. The van der Waals surface area contributed by atoms with Crippen molar-refractivity contribution in [3.05, 3.63) is 101 Å². The van der Waals surface area contributed by atoms with Crippen molar-refractivity contribution in [1.29, 1.82) is 0 Å². The minimum Gasteiger partial charge on any atom is -0.390 e. The molecule has 9 nitrogen and oxygen atoms in total. The van der Waals surface area contributed by atoms with Gasteiger partial charge in [-0.25, -0.2) is 17.2 Å². The van der Waals surface area contributed by atoms with E-state index in [9.17, 15) is 27.1 Å². The third-order valence-electron chi connectivity index (χ3n) is 8.06. The Kier molecular flexibility index (Phi) is 16.1. The number of carbonyl (C=O) groups is 1. The predicted octanol–water partition coefficient (Wildman–Crippen LogP) is 5.24. The summed E-state index contributed by atoms with van der Waals surface area (Å²) in [6, 6.07) is 17.2. The van der Waals surface area contributed by atoms with E-state index in [1.54, 1.807) is 18.2 Å². The maximum atomic E-state index is 14.4. The molecule has 0 aliphatic carbocycles. The van der Waals surface area contributed by atoms with Crippen LogP contribution in [0.1, 0.15) is 63.1 Å². The molecule has 1 amide bonds. The summed E-state index contributed by atoms with van der Waals surface area (Å²) in [5.74, 6) is -2.76. The first-order valence-electron chi connectivity index (χ1n) is 16.5. The Bertz CT molecular complexity index is 1500. The first-order valence-corrected chi connectivity index (χ1v) is 18.2. The zero-order valence-corrected chi connectivity index (χ0v) is 28.8. The summed E-state index contributed by atoms with van der Waals surface area (Å²) in [5.41, 5.74) is 11.4. The summed E-state index contributed by atoms with van der Waals surface area (Å²) in [4.78, 5) is 21.2. The topological polar surface area (TPSA) is 131 Å². The lowest BCUT2D eigenvalue weighted by atomic mass is 10.0. The van der Waals surface area contributed by atoms with E-state index in [-0.39, 0.29) is 31.9 Å². The smallest absolute Gasteiger partial charge is 0.247 e. The molecule has 2 unspecified atom stereocenters. The third-order valence-corrected chi connectivity index (χ3v) is 10.3. The van der Waals surface area contributed by atoms with E-state index in [0.29, 0.717) is 37.8 Å². The van der Waals surface area contributed by atoms with Crippen LogP contribution in [0.5, 0.6) is 0 Å². The standard InChI is InChI=1S/C36H49F2N3O6S/c1-4-11-32(12-5-2)48(44,45)24-34(40-47-25-46-23-27-13-8-7-9-14-27)36(43)41(31-16-10-15-26(6-3)19-31)22-35(42)33(39)20-28-17-29(37)21-30(38)18-28/h7-10,13-19,21,32-35,40,42H,4-6,11-12,20,22-25,39H2,1-3H3/t33-,34?,35?/m0/s1. The molecule has 0 aromatic heterocycles. The van der Waals surface area contributed by atoms with Crippen LogP contribution in [0.4, 0.5) is 14.5 Å². The minimum absolute atomic E-state index is 0.0689. The van der Waals surface area contributed by atoms with Gasteiger partial charge in [-0.15, -0.1) is 0 Å². The molecule has 0 radical (unpaired) electrons. The normalized spacial score (nSPS) is 13.8. The van der Waals surface area contributed by atoms with E-state index in [4.69, 9.17) is 15.3 Å². The molecule has 4 N–H and O–H groups in total. The quantitative estimate of drug-likeness (QED) is 0.0787. The van der Waals surface area contributed by atoms with Crippen LogP contribution in [0.15, 0.2) is 72.8 Å². The van der Waals surface area contributed by atoms with Crippen LogP contribution in [-0.4, -0.2) is 62.0 Å². The largest absolute Gasteiger partial charge is 0.390 e. The summed E-state index contributed by atoms with van der Waals surface area (Å²) < 4.78 is 60.7. The molecule has 0 fully saturated rings. The second-order valence-corrected chi connectivity index (χ2v) is 14.3. The number of rotatable bonds is 21. The van der Waals surface area contributed by atoms with E-state index in [1.165, 1.54) is 4.90 Å². The number of ether oxygens (including phenoxy) is 1. The summed E-state index contributed by atoms with van der Waals surface area (Å²) in [7, 11) is -3.79. The molecular formula is C36H49F2N3O6S. The maximum absolute atomic E-state index is 14.4. The zero-order valence-electron chi connectivity index (χ0n) is 28.0. The van der Waals surface area contributed by atoms with Crippen molar-refractivity contribution in [3.63, 3.8) is 0 Å². The predicted molar refractivity (Wildman–Crippen MR) is 184 cm³/mol. The highest BCUT2D eigenvalue weighted by atomic mass is 32.2. The van der Waals surface area contributed by atoms with E-state index in [2.05, 4.69) is 5.48 Å². The van der Waals surface area contributed by atoms with E-state index in [1.807, 2.05) is 57.2 Å². The molecule has 0 aliphatic heterocycles. The number of sulfone groups is 1. The Morgan fingerprint density at radius 2 is 1.56 bits per heavy atom. The molecule has 0 spiro atoms. The third kappa shape index (κ3) is 12.3. The van der Waals surface area contributed by atoms with Gasteiger partial charge < -0.3 is 20.5 Å². The van der Waals surface area contributed by atoms with Crippen molar-refractivity contribution in [2.75, 3.05) is 24.0 Å². The van der Waals surface area contributed by atoms with Gasteiger partial charge in [0.15, 0.2) is 16.6 Å². The van der Waals surface area contributed by atoms with Crippen molar-refractivity contribution >= 4 is 21.4 Å². The van der Waals surface area contributed by atoms with Gasteiger partial charge in [0.25, 0.3) is 0 Å². The van der Waals surface area contributed by atoms with Crippen LogP contribution in [0.3, 0.4) is 0 Å². The van der Waals surface area contributed by atoms with Crippen molar-refractivity contribution in [3.8, 4) is 0 Å². The van der Waals surface area contributed by atoms with Gasteiger partial charge in [-0.1, -0.05) is 76.1 Å². The maximum Gasteiger partial charge on any atom is 0.247 e. The molecule has 0 aliphatic rings. The molecule has 0 saturated heterocycles. The number of nitrogens with zero attached hydrogens (tertiary/aromatic N) is 1. The number of nitrogens with two attached hydrogens (primary N) is 1.